The zero-order chi connectivity index (χ0) is 18.3. The van der Waals surface area contributed by atoms with E-state index < -0.39 is 5.82 Å². The molecule has 0 spiro atoms. The Bertz CT molecular complexity index is 923. The third-order valence-corrected chi connectivity index (χ3v) is 5.96. The summed E-state index contributed by atoms with van der Waals surface area (Å²) < 4.78 is 16.4. The monoisotopic (exact) mass is 413 g/mol. The summed E-state index contributed by atoms with van der Waals surface area (Å²) in [6.07, 6.45) is 3.67. The SMILES string of the molecule is N[C@H](Cc1c(F)c2c(NCc3cccs3)nc(Cl)nn2c1Cl)CC1CC1. The molecular formula is C17H18Cl2FN5S. The summed E-state index contributed by atoms with van der Waals surface area (Å²) in [5.41, 5.74) is 6.76. The molecule has 1 aliphatic rings. The average Bonchev–Trinajstić information content (AvgIpc) is 3.19. The van der Waals surface area contributed by atoms with Crippen LogP contribution in [0.1, 0.15) is 29.7 Å². The lowest BCUT2D eigenvalue weighted by Gasteiger charge is -2.09. The van der Waals surface area contributed by atoms with Crippen molar-refractivity contribution in [3.63, 3.8) is 0 Å². The molecule has 138 valence electrons. The van der Waals surface area contributed by atoms with Gasteiger partial charge in [0.2, 0.25) is 5.28 Å². The van der Waals surface area contributed by atoms with Gasteiger partial charge in [-0.25, -0.2) is 8.91 Å². The van der Waals surface area contributed by atoms with Gasteiger partial charge in [-0.2, -0.15) is 4.98 Å². The molecule has 5 nitrogen and oxygen atoms in total. The van der Waals surface area contributed by atoms with Crippen LogP contribution in [-0.4, -0.2) is 20.6 Å². The fourth-order valence-corrected chi connectivity index (χ4v) is 4.20. The Morgan fingerprint density at radius 3 is 2.92 bits per heavy atom. The lowest BCUT2D eigenvalue weighted by molar-refractivity contribution is 0.547. The molecule has 1 saturated carbocycles. The van der Waals surface area contributed by atoms with E-state index in [9.17, 15) is 0 Å². The Labute approximate surface area is 164 Å². The van der Waals surface area contributed by atoms with Gasteiger partial charge < -0.3 is 11.1 Å². The van der Waals surface area contributed by atoms with Crippen LogP contribution < -0.4 is 11.1 Å². The molecule has 0 radical (unpaired) electrons. The minimum Gasteiger partial charge on any atom is -0.363 e. The van der Waals surface area contributed by atoms with Crippen molar-refractivity contribution in [1.29, 1.82) is 0 Å². The van der Waals surface area contributed by atoms with E-state index >= 15 is 4.39 Å². The number of nitrogens with two attached hydrogens (primary N) is 1. The molecule has 0 unspecified atom stereocenters. The Kier molecular flexibility index (Phi) is 5.05. The standard InChI is InChI=1S/C17H18Cl2FN5S/c18-15-12(7-10(21)6-9-3-4-9)13(20)14-16(23-17(19)24-25(14)15)22-8-11-2-1-5-26-11/h1-2,5,9-10H,3-4,6-8,21H2,(H,22,23,24)/t10-/m0/s1. The Balaban J connectivity index is 1.66. The first-order valence-corrected chi connectivity index (χ1v) is 10.1. The van der Waals surface area contributed by atoms with E-state index in [0.29, 0.717) is 30.3 Å². The molecule has 3 heterocycles. The maximum atomic E-state index is 15.1. The molecule has 4 rings (SSSR count). The van der Waals surface area contributed by atoms with Crippen molar-refractivity contribution in [2.45, 2.75) is 38.3 Å². The van der Waals surface area contributed by atoms with Gasteiger partial charge in [-0.05, 0) is 41.8 Å². The van der Waals surface area contributed by atoms with Gasteiger partial charge in [-0.1, -0.05) is 30.5 Å². The Morgan fingerprint density at radius 2 is 2.23 bits per heavy atom. The first kappa shape index (κ1) is 18.0. The second-order valence-corrected chi connectivity index (χ2v) is 8.38. The number of halogens is 3. The van der Waals surface area contributed by atoms with Crippen molar-refractivity contribution in [3.05, 3.63) is 44.2 Å². The second-order valence-electron chi connectivity index (χ2n) is 6.65. The molecule has 9 heteroatoms. The summed E-state index contributed by atoms with van der Waals surface area (Å²) in [5, 5.41) is 9.37. The maximum Gasteiger partial charge on any atom is 0.243 e. The van der Waals surface area contributed by atoms with E-state index in [1.54, 1.807) is 11.3 Å². The maximum absolute atomic E-state index is 15.1. The quantitative estimate of drug-likeness (QED) is 0.597. The number of nitrogens with one attached hydrogen (secondary N) is 1. The molecule has 0 amide bonds. The predicted molar refractivity (Wildman–Crippen MR) is 104 cm³/mol. The highest BCUT2D eigenvalue weighted by atomic mass is 35.5. The van der Waals surface area contributed by atoms with E-state index in [0.717, 1.165) is 11.3 Å². The zero-order valence-corrected chi connectivity index (χ0v) is 16.2. The van der Waals surface area contributed by atoms with Crippen LogP contribution in [0.4, 0.5) is 10.2 Å². The molecule has 3 aromatic rings. The van der Waals surface area contributed by atoms with Crippen molar-refractivity contribution in [3.8, 4) is 0 Å². The van der Waals surface area contributed by atoms with E-state index in [4.69, 9.17) is 28.9 Å². The minimum atomic E-state index is -0.438. The summed E-state index contributed by atoms with van der Waals surface area (Å²) in [4.78, 5) is 5.25. The minimum absolute atomic E-state index is 0.00286. The van der Waals surface area contributed by atoms with Crippen LogP contribution in [0.3, 0.4) is 0 Å². The van der Waals surface area contributed by atoms with Gasteiger partial charge in [0.15, 0.2) is 11.6 Å². The van der Waals surface area contributed by atoms with Gasteiger partial charge >= 0.3 is 0 Å². The summed E-state index contributed by atoms with van der Waals surface area (Å²) >= 11 is 14.0. The molecule has 3 N–H and O–H groups in total. The highest BCUT2D eigenvalue weighted by Crippen LogP contribution is 2.36. The largest absolute Gasteiger partial charge is 0.363 e. The van der Waals surface area contributed by atoms with Gasteiger partial charge in [-0.15, -0.1) is 16.4 Å². The van der Waals surface area contributed by atoms with E-state index in [1.165, 1.54) is 17.4 Å². The zero-order valence-electron chi connectivity index (χ0n) is 13.9. The van der Waals surface area contributed by atoms with Crippen molar-refractivity contribution in [2.24, 2.45) is 11.7 Å². The van der Waals surface area contributed by atoms with Gasteiger partial charge in [-0.3, -0.25) is 0 Å². The molecule has 1 fully saturated rings. The molecular weight excluding hydrogens is 396 g/mol. The van der Waals surface area contributed by atoms with Crippen molar-refractivity contribution in [2.75, 3.05) is 5.32 Å². The highest BCUT2D eigenvalue weighted by Gasteiger charge is 2.27. The number of anilines is 1. The Hall–Kier alpha value is -1.41. The molecule has 3 aromatic heterocycles. The predicted octanol–water partition coefficient (Wildman–Crippen LogP) is 4.52. The van der Waals surface area contributed by atoms with Crippen LogP contribution in [-0.2, 0) is 13.0 Å². The van der Waals surface area contributed by atoms with Crippen LogP contribution in [0.25, 0.3) is 5.52 Å². The Morgan fingerprint density at radius 1 is 1.42 bits per heavy atom. The average molecular weight is 414 g/mol. The number of thiophene rings is 1. The molecule has 1 aliphatic carbocycles. The molecule has 1 atom stereocenters. The summed E-state index contributed by atoms with van der Waals surface area (Å²) in [6.45, 7) is 0.513. The number of rotatable bonds is 7. The number of hydrogen-bond donors (Lipinski definition) is 2. The van der Waals surface area contributed by atoms with E-state index in [1.807, 2.05) is 17.5 Å². The number of fused-ring (bicyclic) bond motifs is 1. The van der Waals surface area contributed by atoms with Gasteiger partial charge in [0.05, 0.1) is 6.54 Å². The van der Waals surface area contributed by atoms with Crippen LogP contribution in [0.15, 0.2) is 17.5 Å². The lowest BCUT2D eigenvalue weighted by Crippen LogP contribution is -2.23. The smallest absolute Gasteiger partial charge is 0.243 e. The third-order valence-electron chi connectivity index (χ3n) is 4.54. The van der Waals surface area contributed by atoms with Gasteiger partial charge in [0.1, 0.15) is 10.7 Å². The summed E-state index contributed by atoms with van der Waals surface area (Å²) in [7, 11) is 0. The van der Waals surface area contributed by atoms with E-state index in [-0.39, 0.29) is 22.0 Å². The van der Waals surface area contributed by atoms with Gasteiger partial charge in [0.25, 0.3) is 0 Å². The van der Waals surface area contributed by atoms with Crippen molar-refractivity contribution < 1.29 is 4.39 Å². The summed E-state index contributed by atoms with van der Waals surface area (Å²) in [5.74, 6) is 0.549. The normalized spacial score (nSPS) is 15.5. The lowest BCUT2D eigenvalue weighted by atomic mass is 10.0. The fourth-order valence-electron chi connectivity index (χ4n) is 3.11. The number of aromatic nitrogens is 3. The molecule has 0 aliphatic heterocycles. The van der Waals surface area contributed by atoms with Crippen LogP contribution in [0.2, 0.25) is 10.4 Å². The topological polar surface area (TPSA) is 68.2 Å². The molecule has 26 heavy (non-hydrogen) atoms. The van der Waals surface area contributed by atoms with Crippen molar-refractivity contribution in [1.82, 2.24) is 14.6 Å². The molecule has 0 saturated heterocycles. The molecule has 0 bridgehead atoms. The van der Waals surface area contributed by atoms with Crippen LogP contribution in [0, 0.1) is 11.7 Å². The van der Waals surface area contributed by atoms with Crippen molar-refractivity contribution >= 4 is 45.9 Å². The van der Waals surface area contributed by atoms with E-state index in [2.05, 4.69) is 15.4 Å². The highest BCUT2D eigenvalue weighted by molar-refractivity contribution is 7.09. The van der Waals surface area contributed by atoms with Crippen LogP contribution in [0.5, 0.6) is 0 Å². The first-order valence-electron chi connectivity index (χ1n) is 8.47. The number of nitrogens with zero attached hydrogens (tertiary/aromatic N) is 3. The summed E-state index contributed by atoms with van der Waals surface area (Å²) in [6, 6.07) is 3.82. The second kappa shape index (κ2) is 7.31. The molecule has 0 aromatic carbocycles. The fraction of sp³-hybridized carbons (Fsp3) is 0.412. The third kappa shape index (κ3) is 3.67. The first-order chi connectivity index (χ1) is 12.5. The van der Waals surface area contributed by atoms with Gasteiger partial charge in [0, 0.05) is 16.5 Å². The number of hydrogen-bond acceptors (Lipinski definition) is 5. The van der Waals surface area contributed by atoms with Crippen LogP contribution >= 0.6 is 34.5 Å².